The van der Waals surface area contributed by atoms with Crippen molar-refractivity contribution in [2.75, 3.05) is 5.73 Å². The van der Waals surface area contributed by atoms with Crippen molar-refractivity contribution in [3.63, 3.8) is 0 Å². The summed E-state index contributed by atoms with van der Waals surface area (Å²) in [7, 11) is 0. The standard InChI is InChI=1S/C12H14N2S/c1-8-3-4-11(13)5-10(8)6-12-7-14-9(2)15-12/h3-5,7H,6,13H2,1-2H3. The van der Waals surface area contributed by atoms with E-state index in [2.05, 4.69) is 18.0 Å². The van der Waals surface area contributed by atoms with Crippen LogP contribution in [-0.4, -0.2) is 4.98 Å². The average Bonchev–Trinajstić information content (AvgIpc) is 2.58. The predicted molar refractivity (Wildman–Crippen MR) is 65.2 cm³/mol. The fraction of sp³-hybridized carbons (Fsp3) is 0.250. The van der Waals surface area contributed by atoms with Gasteiger partial charge in [0, 0.05) is 23.2 Å². The van der Waals surface area contributed by atoms with Gasteiger partial charge >= 0.3 is 0 Å². The lowest BCUT2D eigenvalue weighted by Gasteiger charge is -2.04. The highest BCUT2D eigenvalue weighted by Crippen LogP contribution is 2.20. The highest BCUT2D eigenvalue weighted by atomic mass is 32.1. The molecule has 0 saturated heterocycles. The van der Waals surface area contributed by atoms with E-state index < -0.39 is 0 Å². The third kappa shape index (κ3) is 2.36. The third-order valence-electron chi connectivity index (χ3n) is 2.41. The van der Waals surface area contributed by atoms with Crippen molar-refractivity contribution in [1.82, 2.24) is 4.98 Å². The molecule has 0 radical (unpaired) electrons. The van der Waals surface area contributed by atoms with Gasteiger partial charge in [-0.15, -0.1) is 11.3 Å². The van der Waals surface area contributed by atoms with Crippen LogP contribution in [0.5, 0.6) is 0 Å². The van der Waals surface area contributed by atoms with E-state index in [0.29, 0.717) is 0 Å². The number of benzene rings is 1. The zero-order valence-corrected chi connectivity index (χ0v) is 9.77. The maximum Gasteiger partial charge on any atom is 0.0896 e. The molecule has 0 aliphatic carbocycles. The van der Waals surface area contributed by atoms with Crippen LogP contribution >= 0.6 is 11.3 Å². The van der Waals surface area contributed by atoms with E-state index in [0.717, 1.165) is 17.1 Å². The Morgan fingerprint density at radius 2 is 2.13 bits per heavy atom. The SMILES string of the molecule is Cc1ncc(Cc2cc(N)ccc2C)s1. The number of anilines is 1. The lowest BCUT2D eigenvalue weighted by atomic mass is 10.0. The first kappa shape index (κ1) is 10.2. The Bertz CT molecular complexity index is 474. The molecule has 15 heavy (non-hydrogen) atoms. The highest BCUT2D eigenvalue weighted by molar-refractivity contribution is 7.11. The summed E-state index contributed by atoms with van der Waals surface area (Å²) >= 11 is 1.75. The summed E-state index contributed by atoms with van der Waals surface area (Å²) in [5.74, 6) is 0. The quantitative estimate of drug-likeness (QED) is 0.787. The third-order valence-corrected chi connectivity index (χ3v) is 3.32. The lowest BCUT2D eigenvalue weighted by Crippen LogP contribution is -1.92. The van der Waals surface area contributed by atoms with Crippen LogP contribution in [0.4, 0.5) is 5.69 Å². The lowest BCUT2D eigenvalue weighted by molar-refractivity contribution is 1.17. The Balaban J connectivity index is 2.27. The van der Waals surface area contributed by atoms with E-state index in [1.165, 1.54) is 16.0 Å². The zero-order valence-electron chi connectivity index (χ0n) is 8.95. The monoisotopic (exact) mass is 218 g/mol. The van der Waals surface area contributed by atoms with Gasteiger partial charge in [-0.1, -0.05) is 6.07 Å². The molecular formula is C12H14N2S. The van der Waals surface area contributed by atoms with Crippen LogP contribution in [0.15, 0.2) is 24.4 Å². The van der Waals surface area contributed by atoms with Crippen LogP contribution < -0.4 is 5.73 Å². The fourth-order valence-electron chi connectivity index (χ4n) is 1.56. The second kappa shape index (κ2) is 4.03. The van der Waals surface area contributed by atoms with E-state index in [4.69, 9.17) is 5.73 Å². The summed E-state index contributed by atoms with van der Waals surface area (Å²) < 4.78 is 0. The van der Waals surface area contributed by atoms with Crippen molar-refractivity contribution in [1.29, 1.82) is 0 Å². The zero-order chi connectivity index (χ0) is 10.8. The Kier molecular flexibility index (Phi) is 2.73. The molecule has 2 N–H and O–H groups in total. The van der Waals surface area contributed by atoms with Crippen LogP contribution in [-0.2, 0) is 6.42 Å². The van der Waals surface area contributed by atoms with Crippen LogP contribution in [0.3, 0.4) is 0 Å². The summed E-state index contributed by atoms with van der Waals surface area (Å²) in [6.45, 7) is 4.14. The summed E-state index contributed by atoms with van der Waals surface area (Å²) in [6, 6.07) is 6.06. The molecule has 0 spiro atoms. The normalized spacial score (nSPS) is 10.5. The minimum absolute atomic E-state index is 0.830. The number of aromatic nitrogens is 1. The highest BCUT2D eigenvalue weighted by Gasteiger charge is 2.03. The molecule has 0 saturated carbocycles. The van der Waals surface area contributed by atoms with E-state index >= 15 is 0 Å². The molecule has 1 aromatic heterocycles. The minimum Gasteiger partial charge on any atom is -0.399 e. The van der Waals surface area contributed by atoms with Gasteiger partial charge in [0.05, 0.1) is 5.01 Å². The Morgan fingerprint density at radius 3 is 2.80 bits per heavy atom. The van der Waals surface area contributed by atoms with Crippen LogP contribution in [0, 0.1) is 13.8 Å². The number of nitrogens with zero attached hydrogens (tertiary/aromatic N) is 1. The van der Waals surface area contributed by atoms with Gasteiger partial charge in [0.25, 0.3) is 0 Å². The number of nitrogens with two attached hydrogens (primary N) is 1. The Morgan fingerprint density at radius 1 is 1.33 bits per heavy atom. The number of rotatable bonds is 2. The van der Waals surface area contributed by atoms with Gasteiger partial charge in [0.2, 0.25) is 0 Å². The molecule has 0 aliphatic rings. The summed E-state index contributed by atoms with van der Waals surface area (Å²) in [6.07, 6.45) is 2.88. The number of hydrogen-bond donors (Lipinski definition) is 1. The minimum atomic E-state index is 0.830. The van der Waals surface area contributed by atoms with E-state index in [-0.39, 0.29) is 0 Å². The van der Waals surface area contributed by atoms with Gasteiger partial charge in [-0.25, -0.2) is 4.98 Å². The summed E-state index contributed by atoms with van der Waals surface area (Å²) in [5, 5.41) is 1.12. The smallest absolute Gasteiger partial charge is 0.0896 e. The largest absolute Gasteiger partial charge is 0.399 e. The number of thiazole rings is 1. The van der Waals surface area contributed by atoms with Gasteiger partial charge in [-0.2, -0.15) is 0 Å². The van der Waals surface area contributed by atoms with Crippen molar-refractivity contribution in [3.05, 3.63) is 45.4 Å². The Labute approximate surface area is 93.8 Å². The molecule has 2 aromatic rings. The first-order valence-electron chi connectivity index (χ1n) is 4.91. The maximum atomic E-state index is 5.77. The molecule has 78 valence electrons. The number of hydrogen-bond acceptors (Lipinski definition) is 3. The molecule has 0 unspecified atom stereocenters. The second-order valence-corrected chi connectivity index (χ2v) is 5.03. The van der Waals surface area contributed by atoms with Gasteiger partial charge in [0.1, 0.15) is 0 Å². The summed E-state index contributed by atoms with van der Waals surface area (Å²) in [4.78, 5) is 5.54. The van der Waals surface area contributed by atoms with E-state index in [9.17, 15) is 0 Å². The first-order valence-corrected chi connectivity index (χ1v) is 5.73. The number of aryl methyl sites for hydroxylation is 2. The predicted octanol–water partition coefficient (Wildman–Crippen LogP) is 2.93. The van der Waals surface area contributed by atoms with Crippen molar-refractivity contribution < 1.29 is 0 Å². The topological polar surface area (TPSA) is 38.9 Å². The second-order valence-electron chi connectivity index (χ2n) is 3.71. The molecule has 0 amide bonds. The van der Waals surface area contributed by atoms with Crippen LogP contribution in [0.25, 0.3) is 0 Å². The summed E-state index contributed by atoms with van der Waals surface area (Å²) in [5.41, 5.74) is 9.18. The van der Waals surface area contributed by atoms with Crippen molar-refractivity contribution in [2.24, 2.45) is 0 Å². The van der Waals surface area contributed by atoms with Gasteiger partial charge in [-0.3, -0.25) is 0 Å². The van der Waals surface area contributed by atoms with Crippen molar-refractivity contribution in [3.8, 4) is 0 Å². The van der Waals surface area contributed by atoms with Gasteiger partial charge in [-0.05, 0) is 37.1 Å². The molecular weight excluding hydrogens is 204 g/mol. The molecule has 0 bridgehead atoms. The molecule has 0 atom stereocenters. The molecule has 3 heteroatoms. The van der Waals surface area contributed by atoms with E-state index in [1.54, 1.807) is 11.3 Å². The van der Waals surface area contributed by atoms with E-state index in [1.807, 2.05) is 25.3 Å². The molecule has 2 nitrogen and oxygen atoms in total. The van der Waals surface area contributed by atoms with Crippen LogP contribution in [0.2, 0.25) is 0 Å². The van der Waals surface area contributed by atoms with Crippen molar-refractivity contribution >= 4 is 17.0 Å². The molecule has 0 aliphatic heterocycles. The maximum absolute atomic E-state index is 5.77. The Hall–Kier alpha value is -1.35. The van der Waals surface area contributed by atoms with Crippen LogP contribution in [0.1, 0.15) is 21.0 Å². The first-order chi connectivity index (χ1) is 7.15. The van der Waals surface area contributed by atoms with Crippen molar-refractivity contribution in [2.45, 2.75) is 20.3 Å². The number of nitrogen functional groups attached to an aromatic ring is 1. The van der Waals surface area contributed by atoms with Gasteiger partial charge in [0.15, 0.2) is 0 Å². The molecule has 1 heterocycles. The van der Waals surface area contributed by atoms with Gasteiger partial charge < -0.3 is 5.73 Å². The molecule has 1 aromatic carbocycles. The fourth-order valence-corrected chi connectivity index (χ4v) is 2.37. The molecule has 0 fully saturated rings. The average molecular weight is 218 g/mol. The molecule has 2 rings (SSSR count).